The van der Waals surface area contributed by atoms with Crippen LogP contribution in [0, 0.1) is 13.8 Å². The van der Waals surface area contributed by atoms with E-state index in [-0.39, 0.29) is 36.7 Å². The Morgan fingerprint density at radius 1 is 0.951 bits per heavy atom. The molecule has 0 aliphatic carbocycles. The zero-order valence-corrected chi connectivity index (χ0v) is 24.9. The zero-order valence-electron chi connectivity index (χ0n) is 24.9. The molecule has 2 aliphatic heterocycles. The molecule has 222 valence electrons. The second kappa shape index (κ2) is 15.1. The van der Waals surface area contributed by atoms with E-state index >= 15 is 0 Å². The number of nitrogens with zero attached hydrogens (tertiary/aromatic N) is 2. The van der Waals surface area contributed by atoms with Crippen molar-refractivity contribution in [1.29, 1.82) is 0 Å². The van der Waals surface area contributed by atoms with Crippen molar-refractivity contribution < 1.29 is 19.1 Å². The van der Waals surface area contributed by atoms with Crippen LogP contribution in [0.1, 0.15) is 68.2 Å². The number of carbonyl (C=O) groups is 3. The standard InChI is InChI=1S/C33H46N4O4/c1-24-9-6-10-25(2)32(24)28-14-12-27(13-15-28)26(3)35-33(40)29-11-7-20-37(29)31(39)23-34-30(38)16-22-41-21-8-19-36-17-4-5-18-36/h6,9-10,12-15,26,29H,4-5,7-8,11,16-23H2,1-3H3,(H,34,38)(H,35,40)/t26-,29-/m0/s1. The van der Waals surface area contributed by atoms with Crippen molar-refractivity contribution in [1.82, 2.24) is 20.4 Å². The third-order valence-electron chi connectivity index (χ3n) is 8.29. The molecule has 2 heterocycles. The molecule has 2 aromatic rings. The Morgan fingerprint density at radius 3 is 2.37 bits per heavy atom. The summed E-state index contributed by atoms with van der Waals surface area (Å²) in [4.78, 5) is 42.3. The number of carbonyl (C=O) groups excluding carboxylic acids is 3. The highest BCUT2D eigenvalue weighted by atomic mass is 16.5. The van der Waals surface area contributed by atoms with E-state index in [0.717, 1.165) is 30.5 Å². The molecule has 2 aromatic carbocycles. The molecule has 0 spiro atoms. The first-order valence-corrected chi connectivity index (χ1v) is 15.2. The highest BCUT2D eigenvalue weighted by Crippen LogP contribution is 2.28. The molecule has 2 fully saturated rings. The summed E-state index contributed by atoms with van der Waals surface area (Å²) in [5.74, 6) is -0.597. The molecule has 4 rings (SSSR count). The topological polar surface area (TPSA) is 91.0 Å². The Kier molecular flexibility index (Phi) is 11.3. The van der Waals surface area contributed by atoms with Crippen LogP contribution in [-0.2, 0) is 19.1 Å². The van der Waals surface area contributed by atoms with Gasteiger partial charge in [-0.05, 0) is 93.8 Å². The Bertz CT molecular complexity index is 1160. The number of aryl methyl sites for hydroxylation is 2. The van der Waals surface area contributed by atoms with Crippen LogP contribution in [0.5, 0.6) is 0 Å². The van der Waals surface area contributed by atoms with Gasteiger partial charge in [0.15, 0.2) is 0 Å². The third kappa shape index (κ3) is 8.63. The van der Waals surface area contributed by atoms with E-state index in [0.29, 0.717) is 26.2 Å². The monoisotopic (exact) mass is 562 g/mol. The van der Waals surface area contributed by atoms with Crippen LogP contribution in [0.4, 0.5) is 0 Å². The Labute approximate surface area is 244 Å². The molecule has 2 aliphatic rings. The van der Waals surface area contributed by atoms with Gasteiger partial charge in [-0.25, -0.2) is 0 Å². The Balaban J connectivity index is 1.18. The number of benzene rings is 2. The lowest BCUT2D eigenvalue weighted by molar-refractivity contribution is -0.139. The van der Waals surface area contributed by atoms with Crippen LogP contribution in [-0.4, -0.2) is 79.5 Å². The minimum atomic E-state index is -0.519. The number of ether oxygens (including phenoxy) is 1. The van der Waals surface area contributed by atoms with Gasteiger partial charge in [0.1, 0.15) is 6.04 Å². The molecule has 0 saturated carbocycles. The van der Waals surface area contributed by atoms with Crippen molar-refractivity contribution in [2.24, 2.45) is 0 Å². The lowest BCUT2D eigenvalue weighted by Gasteiger charge is -2.26. The van der Waals surface area contributed by atoms with Gasteiger partial charge in [0.05, 0.1) is 19.2 Å². The smallest absolute Gasteiger partial charge is 0.243 e. The van der Waals surface area contributed by atoms with Gasteiger partial charge in [0.2, 0.25) is 17.7 Å². The largest absolute Gasteiger partial charge is 0.381 e. The summed E-state index contributed by atoms with van der Waals surface area (Å²) >= 11 is 0. The van der Waals surface area contributed by atoms with Gasteiger partial charge in [0, 0.05) is 26.1 Å². The minimum Gasteiger partial charge on any atom is -0.381 e. The average molecular weight is 563 g/mol. The lowest BCUT2D eigenvalue weighted by atomic mass is 9.94. The minimum absolute atomic E-state index is 0.104. The number of likely N-dealkylation sites (tertiary alicyclic amines) is 2. The van der Waals surface area contributed by atoms with Gasteiger partial charge in [-0.2, -0.15) is 0 Å². The van der Waals surface area contributed by atoms with Crippen molar-refractivity contribution in [2.75, 3.05) is 45.9 Å². The second-order valence-electron chi connectivity index (χ2n) is 11.4. The number of hydrogen-bond donors (Lipinski definition) is 2. The molecule has 2 saturated heterocycles. The van der Waals surface area contributed by atoms with Crippen LogP contribution >= 0.6 is 0 Å². The SMILES string of the molecule is Cc1cccc(C)c1-c1ccc([C@H](C)NC(=O)[C@@H]2CCCN2C(=O)CNC(=O)CCOCCCN2CCCC2)cc1. The van der Waals surface area contributed by atoms with E-state index in [9.17, 15) is 14.4 Å². The summed E-state index contributed by atoms with van der Waals surface area (Å²) in [7, 11) is 0. The molecule has 0 bridgehead atoms. The molecule has 2 N–H and O–H groups in total. The van der Waals surface area contributed by atoms with Crippen molar-refractivity contribution in [3.8, 4) is 11.1 Å². The lowest BCUT2D eigenvalue weighted by Crippen LogP contribution is -2.49. The van der Waals surface area contributed by atoms with Crippen molar-refractivity contribution in [2.45, 2.75) is 71.4 Å². The van der Waals surface area contributed by atoms with E-state index in [4.69, 9.17) is 4.74 Å². The van der Waals surface area contributed by atoms with E-state index in [1.807, 2.05) is 6.92 Å². The quantitative estimate of drug-likeness (QED) is 0.358. The highest BCUT2D eigenvalue weighted by molar-refractivity contribution is 5.90. The number of hydrogen-bond acceptors (Lipinski definition) is 5. The summed E-state index contributed by atoms with van der Waals surface area (Å²) in [6, 6.07) is 13.9. The van der Waals surface area contributed by atoms with E-state index < -0.39 is 6.04 Å². The number of rotatable bonds is 13. The van der Waals surface area contributed by atoms with Crippen LogP contribution in [0.15, 0.2) is 42.5 Å². The first-order valence-electron chi connectivity index (χ1n) is 15.2. The van der Waals surface area contributed by atoms with E-state index in [1.54, 1.807) is 4.90 Å². The van der Waals surface area contributed by atoms with Gasteiger partial charge in [-0.15, -0.1) is 0 Å². The first-order chi connectivity index (χ1) is 19.8. The molecular formula is C33H46N4O4. The van der Waals surface area contributed by atoms with E-state index in [1.165, 1.54) is 42.6 Å². The Morgan fingerprint density at radius 2 is 1.66 bits per heavy atom. The van der Waals surface area contributed by atoms with Crippen LogP contribution in [0.3, 0.4) is 0 Å². The molecule has 8 nitrogen and oxygen atoms in total. The number of nitrogens with one attached hydrogen (secondary N) is 2. The summed E-state index contributed by atoms with van der Waals surface area (Å²) in [5.41, 5.74) is 5.87. The van der Waals surface area contributed by atoms with Crippen molar-refractivity contribution in [3.05, 3.63) is 59.2 Å². The second-order valence-corrected chi connectivity index (χ2v) is 11.4. The van der Waals surface area contributed by atoms with Crippen molar-refractivity contribution in [3.63, 3.8) is 0 Å². The fourth-order valence-electron chi connectivity index (χ4n) is 5.97. The highest BCUT2D eigenvalue weighted by Gasteiger charge is 2.34. The van der Waals surface area contributed by atoms with Gasteiger partial charge >= 0.3 is 0 Å². The van der Waals surface area contributed by atoms with Gasteiger partial charge in [-0.3, -0.25) is 14.4 Å². The van der Waals surface area contributed by atoms with Crippen LogP contribution < -0.4 is 10.6 Å². The normalized spacial score (nSPS) is 17.9. The fourth-order valence-corrected chi connectivity index (χ4v) is 5.97. The predicted molar refractivity (Wildman–Crippen MR) is 161 cm³/mol. The van der Waals surface area contributed by atoms with E-state index in [2.05, 4.69) is 71.8 Å². The van der Waals surface area contributed by atoms with Crippen LogP contribution in [0.2, 0.25) is 0 Å². The molecule has 8 heteroatoms. The molecule has 3 amide bonds. The average Bonchev–Trinajstić information content (AvgIpc) is 3.67. The molecule has 0 unspecified atom stereocenters. The molecular weight excluding hydrogens is 516 g/mol. The third-order valence-corrected chi connectivity index (χ3v) is 8.29. The summed E-state index contributed by atoms with van der Waals surface area (Å²) < 4.78 is 5.60. The Hall–Kier alpha value is -3.23. The van der Waals surface area contributed by atoms with Crippen LogP contribution in [0.25, 0.3) is 11.1 Å². The molecule has 0 radical (unpaired) electrons. The maximum absolute atomic E-state index is 13.2. The molecule has 2 atom stereocenters. The maximum Gasteiger partial charge on any atom is 0.243 e. The molecule has 0 aromatic heterocycles. The summed E-state index contributed by atoms with van der Waals surface area (Å²) in [6.07, 6.45) is 5.14. The zero-order chi connectivity index (χ0) is 29.2. The first kappa shape index (κ1) is 30.7. The summed E-state index contributed by atoms with van der Waals surface area (Å²) in [6.45, 7) is 11.0. The maximum atomic E-state index is 13.2. The number of amides is 3. The van der Waals surface area contributed by atoms with Gasteiger partial charge < -0.3 is 25.2 Å². The van der Waals surface area contributed by atoms with Gasteiger partial charge in [-0.1, -0.05) is 42.5 Å². The fraction of sp³-hybridized carbons (Fsp3) is 0.545. The van der Waals surface area contributed by atoms with Gasteiger partial charge in [0.25, 0.3) is 0 Å². The van der Waals surface area contributed by atoms with Crippen molar-refractivity contribution >= 4 is 17.7 Å². The predicted octanol–water partition coefficient (Wildman–Crippen LogP) is 4.15. The summed E-state index contributed by atoms with van der Waals surface area (Å²) in [5, 5.41) is 5.79. The molecule has 41 heavy (non-hydrogen) atoms.